The third-order valence-corrected chi connectivity index (χ3v) is 7.05. The van der Waals surface area contributed by atoms with Gasteiger partial charge in [0.1, 0.15) is 6.67 Å². The largest absolute Gasteiger partial charge is 0.329 e. The van der Waals surface area contributed by atoms with Crippen molar-refractivity contribution in [3.8, 4) is 0 Å². The number of amides is 1. The van der Waals surface area contributed by atoms with Crippen LogP contribution in [0.25, 0.3) is 4.85 Å². The number of rotatable bonds is 9. The molecule has 0 unspecified atom stereocenters. The Labute approximate surface area is 219 Å². The summed E-state index contributed by atoms with van der Waals surface area (Å²) < 4.78 is 16.4. The van der Waals surface area contributed by atoms with Gasteiger partial charge in [-0.15, -0.1) is 0 Å². The van der Waals surface area contributed by atoms with E-state index in [1.807, 2.05) is 53.8 Å². The zero-order valence-corrected chi connectivity index (χ0v) is 22.0. The summed E-state index contributed by atoms with van der Waals surface area (Å²) in [4.78, 5) is 25.2. The van der Waals surface area contributed by atoms with Gasteiger partial charge in [-0.25, -0.2) is 14.2 Å². The van der Waals surface area contributed by atoms with Crippen LogP contribution in [0.2, 0.25) is 0 Å². The molecule has 1 atom stereocenters. The molecule has 0 N–H and O–H groups in total. The molecule has 0 saturated carbocycles. The van der Waals surface area contributed by atoms with Crippen LogP contribution in [0.15, 0.2) is 55.0 Å². The highest BCUT2D eigenvalue weighted by atomic mass is 125. The van der Waals surface area contributed by atoms with Crippen LogP contribution in [0, 0.1) is 10.1 Å². The number of anilines is 1. The molecular formula is C27H29FIN5O. The number of alkyl halides is 1. The van der Waals surface area contributed by atoms with E-state index in [-0.39, 0.29) is 11.9 Å². The number of piperazine rings is 1. The number of benzene rings is 2. The Morgan fingerprint density at radius 2 is 1.97 bits per heavy atom. The van der Waals surface area contributed by atoms with Crippen LogP contribution in [0.1, 0.15) is 43.0 Å². The van der Waals surface area contributed by atoms with E-state index >= 15 is 0 Å². The summed E-state index contributed by atoms with van der Waals surface area (Å²) in [5.41, 5.74) is 4.16. The molecule has 1 fully saturated rings. The maximum atomic E-state index is 13.4. The first kappa shape index (κ1) is 25.3. The second kappa shape index (κ2) is 11.8. The van der Waals surface area contributed by atoms with E-state index in [4.69, 9.17) is 6.57 Å². The summed E-state index contributed by atoms with van der Waals surface area (Å²) in [6.45, 7) is 11.0. The fourth-order valence-electron chi connectivity index (χ4n) is 4.53. The topological polar surface area (TPSA) is 45.7 Å². The zero-order chi connectivity index (χ0) is 24.8. The molecule has 0 aliphatic carbocycles. The Morgan fingerprint density at radius 1 is 1.17 bits per heavy atom. The first-order valence-corrected chi connectivity index (χ1v) is 12.9. The molecule has 4 rings (SSSR count). The van der Waals surface area contributed by atoms with Crippen LogP contribution in [0.5, 0.6) is 0 Å². The monoisotopic (exact) mass is 583 g/mol. The molecule has 6 nitrogen and oxygen atoms in total. The van der Waals surface area contributed by atoms with Gasteiger partial charge < -0.3 is 9.47 Å². The van der Waals surface area contributed by atoms with Crippen LogP contribution < -0.4 is 4.90 Å². The molecule has 182 valence electrons. The number of hydrogen-bond acceptors (Lipinski definition) is 3. The number of nitrogens with zero attached hydrogens (tertiary/aromatic N) is 5. The first-order valence-electron chi connectivity index (χ1n) is 11.9. The van der Waals surface area contributed by atoms with Crippen LogP contribution in [0.4, 0.5) is 15.8 Å². The Hall–Kier alpha value is -2.77. The van der Waals surface area contributed by atoms with Crippen molar-refractivity contribution in [2.75, 3.05) is 18.0 Å². The lowest BCUT2D eigenvalue weighted by Gasteiger charge is -2.41. The van der Waals surface area contributed by atoms with E-state index in [2.05, 4.69) is 48.8 Å². The lowest BCUT2D eigenvalue weighted by atomic mass is 10.0. The predicted molar refractivity (Wildman–Crippen MR) is 144 cm³/mol. The summed E-state index contributed by atoms with van der Waals surface area (Å²) in [7, 11) is 0. The van der Waals surface area contributed by atoms with Crippen molar-refractivity contribution < 1.29 is 9.18 Å². The molecule has 0 spiro atoms. The van der Waals surface area contributed by atoms with Crippen LogP contribution >= 0.6 is 22.6 Å². The quantitative estimate of drug-likeness (QED) is 0.231. The smallest absolute Gasteiger partial charge is 0.241 e. The molecule has 2 aromatic carbocycles. The van der Waals surface area contributed by atoms with Crippen molar-refractivity contribution >= 4 is 39.9 Å². The van der Waals surface area contributed by atoms with Crippen LogP contribution in [-0.4, -0.2) is 39.5 Å². The molecule has 1 saturated heterocycles. The van der Waals surface area contributed by atoms with E-state index in [0.29, 0.717) is 37.4 Å². The zero-order valence-electron chi connectivity index (χ0n) is 19.8. The minimum absolute atomic E-state index is 0.0327. The number of aromatic nitrogens is 2. The second-order valence-corrected chi connectivity index (χ2v) is 10.2. The molecule has 0 radical (unpaired) electrons. The molecule has 1 aliphatic heterocycles. The summed E-state index contributed by atoms with van der Waals surface area (Å²) in [5.74, 6) is 0.0327. The third-order valence-electron chi connectivity index (χ3n) is 6.43. The van der Waals surface area contributed by atoms with Crippen molar-refractivity contribution in [1.29, 1.82) is 0 Å². The van der Waals surface area contributed by atoms with Gasteiger partial charge in [0.2, 0.25) is 5.91 Å². The van der Waals surface area contributed by atoms with Crippen molar-refractivity contribution in [1.82, 2.24) is 14.5 Å². The normalized spacial score (nSPS) is 16.5. The Bertz CT molecular complexity index is 1200. The Kier molecular flexibility index (Phi) is 8.52. The fourth-order valence-corrected chi connectivity index (χ4v) is 5.25. The van der Waals surface area contributed by atoms with Crippen molar-refractivity contribution in [2.24, 2.45) is 0 Å². The van der Waals surface area contributed by atoms with Gasteiger partial charge in [-0.1, -0.05) is 44.0 Å². The minimum atomic E-state index is -0.540. The highest BCUT2D eigenvalue weighted by Gasteiger charge is 2.33. The second-order valence-electron chi connectivity index (χ2n) is 8.95. The van der Waals surface area contributed by atoms with Gasteiger partial charge in [-0.3, -0.25) is 9.69 Å². The molecule has 8 heteroatoms. The van der Waals surface area contributed by atoms with Crippen molar-refractivity contribution in [3.05, 3.63) is 86.8 Å². The maximum Gasteiger partial charge on any atom is 0.241 e. The van der Waals surface area contributed by atoms with Gasteiger partial charge in [0.25, 0.3) is 0 Å². The van der Waals surface area contributed by atoms with E-state index in [0.717, 1.165) is 39.8 Å². The Balaban J connectivity index is 1.52. The van der Waals surface area contributed by atoms with Gasteiger partial charge >= 0.3 is 0 Å². The number of unbranched alkanes of at least 4 members (excludes halogenated alkanes) is 1. The van der Waals surface area contributed by atoms with Crippen molar-refractivity contribution in [2.45, 2.75) is 52.0 Å². The molecule has 3 aromatic rings. The van der Waals surface area contributed by atoms with Crippen LogP contribution in [-0.2, 0) is 24.6 Å². The minimum Gasteiger partial charge on any atom is -0.329 e. The van der Waals surface area contributed by atoms with Gasteiger partial charge in [-0.05, 0) is 58.3 Å². The van der Waals surface area contributed by atoms with E-state index < -0.39 is 6.67 Å². The fraction of sp³-hybridized carbons (Fsp3) is 0.370. The van der Waals surface area contributed by atoms with Crippen LogP contribution in [0.3, 0.4) is 0 Å². The summed E-state index contributed by atoms with van der Waals surface area (Å²) >= 11 is 2.18. The summed E-state index contributed by atoms with van der Waals surface area (Å²) in [6.07, 6.45) is 6.85. The standard InChI is InChI=1S/C27H29FIN5O/c1-3-4-5-24-17-34(25-11-21(13-28)10-22(29)12-25)27(35)18-32(24)16-26-14-31-19-33(26)15-20-6-8-23(30-2)9-7-20/h6-12,14,19,24H,3-5,13,15-18H2,1H3/t24-/m0/s1/i29-2. The maximum absolute atomic E-state index is 13.4. The Morgan fingerprint density at radius 3 is 2.69 bits per heavy atom. The van der Waals surface area contributed by atoms with Gasteiger partial charge in [0.05, 0.1) is 25.1 Å². The number of hydrogen-bond donors (Lipinski definition) is 0. The molecule has 1 aliphatic rings. The molecular weight excluding hydrogens is 554 g/mol. The average molecular weight is 583 g/mol. The molecule has 2 heterocycles. The lowest BCUT2D eigenvalue weighted by molar-refractivity contribution is -0.122. The highest BCUT2D eigenvalue weighted by molar-refractivity contribution is 14.1. The number of imidazole rings is 1. The molecule has 0 bridgehead atoms. The van der Waals surface area contributed by atoms with Gasteiger partial charge in [0, 0.05) is 41.1 Å². The molecule has 1 amide bonds. The predicted octanol–water partition coefficient (Wildman–Crippen LogP) is 5.96. The summed E-state index contributed by atoms with van der Waals surface area (Å²) in [6, 6.07) is 13.4. The van der Waals surface area contributed by atoms with E-state index in [9.17, 15) is 9.18 Å². The first-order chi connectivity index (χ1) is 17.0. The average Bonchev–Trinajstić information content (AvgIpc) is 3.29. The van der Waals surface area contributed by atoms with E-state index in [1.54, 1.807) is 6.07 Å². The summed E-state index contributed by atoms with van der Waals surface area (Å²) in [5, 5.41) is 0. The van der Waals surface area contributed by atoms with Gasteiger partial charge in [-0.2, -0.15) is 0 Å². The highest BCUT2D eigenvalue weighted by Crippen LogP contribution is 2.27. The van der Waals surface area contributed by atoms with Crippen molar-refractivity contribution in [3.63, 3.8) is 0 Å². The third kappa shape index (κ3) is 6.27. The number of carbonyl (C=O) groups is 1. The molecule has 1 aromatic heterocycles. The number of carbonyl (C=O) groups excluding carboxylic acids is 1. The number of halogens is 2. The van der Waals surface area contributed by atoms with Gasteiger partial charge in [0.15, 0.2) is 5.69 Å². The molecule has 35 heavy (non-hydrogen) atoms. The lowest BCUT2D eigenvalue weighted by Crippen LogP contribution is -2.56. The van der Waals surface area contributed by atoms with E-state index in [1.165, 1.54) is 0 Å². The SMILES string of the molecule is [C-]#[N+]c1ccc(Cn2cncc2CN2CC(=O)N(c3cc([125I])cc(CF)c3)C[C@@H]2CCCC)cc1.